The molecule has 10 nitrogen and oxygen atoms in total. The number of hydrogen-bond donors (Lipinski definition) is 2. The Morgan fingerprint density at radius 3 is 2.28 bits per heavy atom. The second-order valence-corrected chi connectivity index (χ2v) is 7.84. The Hall–Kier alpha value is -5.12. The zero-order valence-corrected chi connectivity index (χ0v) is 19.0. The minimum atomic E-state index is -0.718. The lowest BCUT2D eigenvalue weighted by Crippen LogP contribution is -2.27. The van der Waals surface area contributed by atoms with Crippen molar-refractivity contribution in [3.8, 4) is 0 Å². The number of nitrogens with one attached hydrogen (secondary N) is 1. The number of carbonyl (C=O) groups excluding carboxylic acids is 1. The molecular formula is C26H21N7O3. The third kappa shape index (κ3) is 5.02. The van der Waals surface area contributed by atoms with Gasteiger partial charge in [-0.3, -0.25) is 4.79 Å². The number of nitrogen functional groups attached to an aromatic ring is 1. The van der Waals surface area contributed by atoms with Gasteiger partial charge in [-0.05, 0) is 23.8 Å². The van der Waals surface area contributed by atoms with Crippen LogP contribution in [0.5, 0.6) is 0 Å². The second kappa shape index (κ2) is 10.0. The summed E-state index contributed by atoms with van der Waals surface area (Å²) in [6.45, 7) is -0.0495. The molecule has 0 saturated heterocycles. The molecule has 2 heterocycles. The summed E-state index contributed by atoms with van der Waals surface area (Å²) in [5.41, 5.74) is 7.18. The number of fused-ring (bicyclic) bond motifs is 1. The summed E-state index contributed by atoms with van der Waals surface area (Å²) >= 11 is 0. The molecule has 0 bridgehead atoms. The Labute approximate surface area is 205 Å². The first-order chi connectivity index (χ1) is 17.6. The van der Waals surface area contributed by atoms with Crippen LogP contribution in [0.25, 0.3) is 10.8 Å². The first-order valence-corrected chi connectivity index (χ1v) is 11.1. The van der Waals surface area contributed by atoms with Crippen LogP contribution in [0.15, 0.2) is 89.7 Å². The Morgan fingerprint density at radius 2 is 1.53 bits per heavy atom. The van der Waals surface area contributed by atoms with Crippen LogP contribution in [-0.4, -0.2) is 30.7 Å². The van der Waals surface area contributed by atoms with Gasteiger partial charge in [-0.1, -0.05) is 66.7 Å². The number of anilines is 3. The lowest BCUT2D eigenvalue weighted by Gasteiger charge is -2.11. The monoisotopic (exact) mass is 479 g/mol. The number of benzene rings is 3. The highest BCUT2D eigenvalue weighted by atomic mass is 16.5. The van der Waals surface area contributed by atoms with E-state index < -0.39 is 5.97 Å². The summed E-state index contributed by atoms with van der Waals surface area (Å²) in [5.74, 6) is -0.352. The number of carbonyl (C=O) groups is 1. The van der Waals surface area contributed by atoms with E-state index in [2.05, 4.69) is 25.4 Å². The molecule has 0 aliphatic carbocycles. The van der Waals surface area contributed by atoms with E-state index in [1.165, 1.54) is 4.68 Å². The number of aromatic nitrogens is 5. The van der Waals surface area contributed by atoms with Crippen LogP contribution < -0.4 is 16.6 Å². The van der Waals surface area contributed by atoms with Gasteiger partial charge in [-0.25, -0.2) is 9.48 Å². The van der Waals surface area contributed by atoms with Gasteiger partial charge in [0.15, 0.2) is 18.1 Å². The largest absolute Gasteiger partial charge is 0.453 e. The van der Waals surface area contributed by atoms with Crippen LogP contribution in [-0.2, 0) is 17.9 Å². The fourth-order valence-electron chi connectivity index (χ4n) is 3.66. The normalized spacial score (nSPS) is 10.8. The Balaban J connectivity index is 1.40. The van der Waals surface area contributed by atoms with Crippen LogP contribution in [0.4, 0.5) is 17.6 Å². The molecule has 0 spiro atoms. The van der Waals surface area contributed by atoms with E-state index in [1.807, 2.05) is 60.7 Å². The molecule has 0 unspecified atom stereocenters. The van der Waals surface area contributed by atoms with E-state index in [0.717, 1.165) is 11.3 Å². The molecule has 10 heteroatoms. The average molecular weight is 480 g/mol. The standard InChI is InChI=1S/C26H21N7O3/c27-25-29-21(30-26(31-25)28-18-11-5-2-6-12-18)16-36-24(35)22-19-13-7-8-14-20(19)23(34)33(32-22)15-17-9-3-1-4-10-17/h1-14H,15-16H2,(H3,27,28,29,30,31). The molecule has 0 fully saturated rings. The lowest BCUT2D eigenvalue weighted by atomic mass is 10.1. The quantitative estimate of drug-likeness (QED) is 0.337. The van der Waals surface area contributed by atoms with E-state index in [-0.39, 0.29) is 42.1 Å². The van der Waals surface area contributed by atoms with Gasteiger partial charge in [-0.2, -0.15) is 20.1 Å². The van der Waals surface area contributed by atoms with Crippen LogP contribution in [0, 0.1) is 0 Å². The topological polar surface area (TPSA) is 138 Å². The number of hydrogen-bond acceptors (Lipinski definition) is 9. The minimum absolute atomic E-state index is 0.0190. The number of esters is 1. The molecule has 0 aliphatic heterocycles. The van der Waals surface area contributed by atoms with Gasteiger partial charge in [0.05, 0.1) is 11.9 Å². The molecule has 5 rings (SSSR count). The minimum Gasteiger partial charge on any atom is -0.453 e. The summed E-state index contributed by atoms with van der Waals surface area (Å²) in [6, 6.07) is 25.5. The number of ether oxygens (including phenoxy) is 1. The van der Waals surface area contributed by atoms with Crippen molar-refractivity contribution in [2.45, 2.75) is 13.2 Å². The molecule has 3 N–H and O–H groups in total. The summed E-state index contributed by atoms with van der Waals surface area (Å²) in [4.78, 5) is 38.5. The Morgan fingerprint density at radius 1 is 0.861 bits per heavy atom. The van der Waals surface area contributed by atoms with Gasteiger partial charge >= 0.3 is 5.97 Å². The van der Waals surface area contributed by atoms with E-state index >= 15 is 0 Å². The molecule has 5 aromatic rings. The number of nitrogens with zero attached hydrogens (tertiary/aromatic N) is 5. The van der Waals surface area contributed by atoms with Crippen LogP contribution in [0.2, 0.25) is 0 Å². The molecule has 178 valence electrons. The molecular weight excluding hydrogens is 458 g/mol. The maximum atomic E-state index is 13.1. The van der Waals surface area contributed by atoms with Crippen LogP contribution >= 0.6 is 0 Å². The van der Waals surface area contributed by atoms with Crippen LogP contribution in [0.1, 0.15) is 21.9 Å². The van der Waals surface area contributed by atoms with Gasteiger partial charge in [0, 0.05) is 11.1 Å². The number of para-hydroxylation sites is 1. The SMILES string of the molecule is Nc1nc(COC(=O)c2nn(Cc3ccccc3)c(=O)c3ccccc23)nc(Nc2ccccc2)n1. The third-order valence-corrected chi connectivity index (χ3v) is 5.30. The third-order valence-electron chi connectivity index (χ3n) is 5.30. The van der Waals surface area contributed by atoms with Gasteiger partial charge in [-0.15, -0.1) is 0 Å². The molecule has 2 aromatic heterocycles. The highest BCUT2D eigenvalue weighted by Gasteiger charge is 2.19. The number of rotatable bonds is 7. The summed E-state index contributed by atoms with van der Waals surface area (Å²) < 4.78 is 6.74. The summed E-state index contributed by atoms with van der Waals surface area (Å²) in [5, 5.41) is 8.14. The molecule has 0 amide bonds. The zero-order valence-electron chi connectivity index (χ0n) is 19.0. The van der Waals surface area contributed by atoms with Crippen molar-refractivity contribution in [2.75, 3.05) is 11.1 Å². The van der Waals surface area contributed by atoms with E-state index in [4.69, 9.17) is 10.5 Å². The summed E-state index contributed by atoms with van der Waals surface area (Å²) in [7, 11) is 0. The Bertz CT molecular complexity index is 1590. The van der Waals surface area contributed by atoms with E-state index in [9.17, 15) is 9.59 Å². The molecule has 0 atom stereocenters. The first-order valence-electron chi connectivity index (χ1n) is 11.1. The predicted octanol–water partition coefficient (Wildman–Crippen LogP) is 3.31. The molecule has 0 radical (unpaired) electrons. The summed E-state index contributed by atoms with van der Waals surface area (Å²) in [6.07, 6.45) is 0. The van der Waals surface area contributed by atoms with E-state index in [0.29, 0.717) is 10.8 Å². The van der Waals surface area contributed by atoms with E-state index in [1.54, 1.807) is 24.3 Å². The molecule has 36 heavy (non-hydrogen) atoms. The molecule has 3 aromatic carbocycles. The maximum absolute atomic E-state index is 13.1. The smallest absolute Gasteiger partial charge is 0.359 e. The first kappa shape index (κ1) is 22.7. The maximum Gasteiger partial charge on any atom is 0.359 e. The fraction of sp³-hybridized carbons (Fsp3) is 0.0769. The van der Waals surface area contributed by atoms with Crippen molar-refractivity contribution >= 4 is 34.3 Å². The zero-order chi connectivity index (χ0) is 24.9. The fourth-order valence-corrected chi connectivity index (χ4v) is 3.66. The van der Waals surface area contributed by atoms with Gasteiger partial charge < -0.3 is 15.8 Å². The predicted molar refractivity (Wildman–Crippen MR) is 135 cm³/mol. The second-order valence-electron chi connectivity index (χ2n) is 7.84. The van der Waals surface area contributed by atoms with Crippen molar-refractivity contribution in [2.24, 2.45) is 0 Å². The van der Waals surface area contributed by atoms with Gasteiger partial charge in [0.25, 0.3) is 5.56 Å². The number of nitrogens with two attached hydrogens (primary N) is 1. The van der Waals surface area contributed by atoms with Gasteiger partial charge in [0.1, 0.15) is 0 Å². The molecule has 0 saturated carbocycles. The van der Waals surface area contributed by atoms with Crippen molar-refractivity contribution in [1.29, 1.82) is 0 Å². The average Bonchev–Trinajstić information content (AvgIpc) is 2.90. The lowest BCUT2D eigenvalue weighted by molar-refractivity contribution is 0.0455. The molecule has 0 aliphatic rings. The highest BCUT2D eigenvalue weighted by molar-refractivity contribution is 6.02. The Kier molecular flexibility index (Phi) is 6.31. The van der Waals surface area contributed by atoms with Gasteiger partial charge in [0.2, 0.25) is 11.9 Å². The van der Waals surface area contributed by atoms with Crippen LogP contribution in [0.3, 0.4) is 0 Å². The van der Waals surface area contributed by atoms with Crippen molar-refractivity contribution in [1.82, 2.24) is 24.7 Å². The highest BCUT2D eigenvalue weighted by Crippen LogP contribution is 2.17. The van der Waals surface area contributed by atoms with Crippen molar-refractivity contribution in [3.05, 3.63) is 112 Å². The van der Waals surface area contributed by atoms with Crippen molar-refractivity contribution in [3.63, 3.8) is 0 Å². The van der Waals surface area contributed by atoms with Crippen molar-refractivity contribution < 1.29 is 9.53 Å².